The summed E-state index contributed by atoms with van der Waals surface area (Å²) in [6, 6.07) is 6.25. The van der Waals surface area contributed by atoms with Crippen molar-refractivity contribution < 1.29 is 98.0 Å². The fraction of sp³-hybridized carbons (Fsp3) is 0.500. The van der Waals surface area contributed by atoms with E-state index in [-0.39, 0.29) is 140 Å². The van der Waals surface area contributed by atoms with E-state index in [0.717, 1.165) is 19.6 Å². The molecule has 12 N–H and O–H groups in total. The minimum Gasteiger partial charge on any atom is -0.507 e. The van der Waals surface area contributed by atoms with Crippen LogP contribution in [0.15, 0.2) is 125 Å². The number of esters is 1. The van der Waals surface area contributed by atoms with E-state index in [9.17, 15) is 84.6 Å². The van der Waals surface area contributed by atoms with Gasteiger partial charge in [-0.05, 0) is 69.4 Å². The van der Waals surface area contributed by atoms with Crippen LogP contribution in [0, 0.1) is 78.9 Å². The maximum absolute atomic E-state index is 14.8. The summed E-state index contributed by atoms with van der Waals surface area (Å²) in [6.07, 6.45) is 9.56. The molecule has 8 aromatic rings. The number of aromatic nitrogens is 2. The molecule has 18 atom stereocenters. The van der Waals surface area contributed by atoms with E-state index in [4.69, 9.17) is 42.5 Å². The highest BCUT2D eigenvalue weighted by molar-refractivity contribution is 6.18. The molecule has 2 aromatic heterocycles. The molecule has 2 fully saturated rings. The summed E-state index contributed by atoms with van der Waals surface area (Å²) in [4.78, 5) is 116. The number of piperazine rings is 2. The van der Waals surface area contributed by atoms with Gasteiger partial charge in [0.25, 0.3) is 11.8 Å². The number of phenolic OH excluding ortho intramolecular Hbond substituents is 2. The molecule has 130 heavy (non-hydrogen) atoms. The number of carbonyl (C=O) groups excluding carboxylic acids is 3. The fourth-order valence-electron chi connectivity index (χ4n) is 18.5. The largest absolute Gasteiger partial charge is 0.507 e. The Labute approximate surface area is 751 Å². The minimum absolute atomic E-state index is 0.00615. The molecule has 2 saturated heterocycles. The lowest BCUT2D eigenvalue weighted by molar-refractivity contribution is -0.158. The van der Waals surface area contributed by atoms with Crippen molar-refractivity contribution >= 4 is 118 Å². The molecular weight excluding hydrogens is 1670 g/mol. The zero-order valence-corrected chi connectivity index (χ0v) is 77.0. The van der Waals surface area contributed by atoms with Gasteiger partial charge < -0.3 is 104 Å². The summed E-state index contributed by atoms with van der Waals surface area (Å²) in [5, 5.41) is 119. The van der Waals surface area contributed by atoms with Crippen LogP contribution in [0.4, 0.5) is 22.7 Å². The lowest BCUT2D eigenvalue weighted by Crippen LogP contribution is -2.47. The van der Waals surface area contributed by atoms with Gasteiger partial charge in [0.1, 0.15) is 51.5 Å². The number of hydrogen-bond acceptors (Lipinski definition) is 30. The van der Waals surface area contributed by atoms with Gasteiger partial charge in [0.05, 0.1) is 70.9 Å². The quantitative estimate of drug-likeness (QED) is 0.0401. The number of aliphatic hydroxyl groups excluding tert-OH is 8. The molecule has 0 saturated carbocycles. The molecule has 0 radical (unpaired) electrons. The van der Waals surface area contributed by atoms with Crippen LogP contribution in [0.2, 0.25) is 0 Å². The number of ether oxygens (including phenoxy) is 5. The molecular formula is C98H122N8O24. The maximum atomic E-state index is 14.8. The molecule has 10 bridgehead atoms. The topological polar surface area (TPSA) is 457 Å². The monoisotopic (exact) mass is 1790 g/mol. The fourth-order valence-corrected chi connectivity index (χ4v) is 18.5. The highest BCUT2D eigenvalue weighted by atomic mass is 16.7. The number of fused-ring (bicyclic) bond motifs is 28. The Balaban J connectivity index is 0.000000222. The number of aliphatic hydroxyl groups is 8. The lowest BCUT2D eigenvalue weighted by atomic mass is 9.77. The van der Waals surface area contributed by atoms with E-state index in [1.807, 2.05) is 32.6 Å². The van der Waals surface area contributed by atoms with Gasteiger partial charge in [0, 0.05) is 190 Å². The maximum Gasteiger partial charge on any atom is 0.307 e. The SMILES string of the molecule is C/C1=C/C=C/[C@H](C)[C@H](O)[C@@H](C)[C@@H](O)[C@@H](C)[C@H](O)[C@H](C)[C@@H](C)/C=C/O[C@@]2(C)Oc3c(C)c(O)c4c(=O)c(c5oc6cc(N7CCN(CC(C)C)CC7)cc(=O)c6nc5c4c3=C2O)NC1=O.CC(=O)O[C@H]1[C@H](C)[C@H](O)[C@H](C)[C@@H](O)[C@@H](C)/C=C/C=C(/C)C(=O)Nc2c(=O)c3c(O)c(C)c4c(c3c3nc5c(=O)cc(N6CCN(CCO)CC6)cc5oc23)=C(O)[C@@](C)(O/C=C/[C@H](C)[C@H]1C)O4. The van der Waals surface area contributed by atoms with Crippen LogP contribution in [0.25, 0.3) is 77.5 Å². The van der Waals surface area contributed by atoms with Crippen molar-refractivity contribution in [2.75, 3.05) is 92.5 Å². The van der Waals surface area contributed by atoms with Crippen molar-refractivity contribution in [2.24, 2.45) is 65.1 Å². The first-order chi connectivity index (χ1) is 61.3. The van der Waals surface area contributed by atoms with E-state index in [1.165, 1.54) is 85.3 Å². The van der Waals surface area contributed by atoms with Crippen LogP contribution >= 0.6 is 0 Å². The second-order valence-electron chi connectivity index (χ2n) is 37.0. The number of benzene rings is 6. The standard InChI is InChI=1S/C49H60N4O13.C49H62N4O11/c1-23-13-20-63-49(9)47(61)36-34-35(42(59)29(7)45(36)66-49)43(60)39(46-38(34)50-37-32(56)21-31(22-33(37)65-46)53-16-14-52(15-17-53)18-19-54)51-48(62)25(3)12-10-11-24(2)40(57)27(5)41(58)28(6)44(26(23)4)64-30(8)55;1-23(2)22-52-15-17-53(18-16-52)31-20-32(54)37-33(21-31)63-46-38(50-37)34-35-43(58)30(9)45-36(34)47(60)49(10,64-45)62-19-14-24(3)27(6)41(56)29(8)42(57)28(7)40(55)25(4)12-11-13-26(5)48(61)51-39(46)44(35)59/h10-13,20-24,26-28,40-41,44,54,57-59,61H,14-19H2,1-9H3,(H,51,62);11-14,19-21,23-25,27-29,40-42,55-58,60H,15-18,22H2,1-10H3,(H,51,61)/b11-10+,20-13+,25-12-;12-11+,19-14+,26-13-/t23-,24-,26+,27+,28+,40-,41+,44+,49-;24-,25-,27+,28+,29-,40-,41+,42+,49-/m00/s1. The third-order valence-electron chi connectivity index (χ3n) is 27.4. The van der Waals surface area contributed by atoms with Gasteiger partial charge in [-0.15, -0.1) is 0 Å². The number of rotatable bonds is 7. The number of allylic oxidation sites excluding steroid dienone is 6. The summed E-state index contributed by atoms with van der Waals surface area (Å²) < 4.78 is 43.5. The summed E-state index contributed by atoms with van der Waals surface area (Å²) in [5.41, 5.74) is -2.62. The molecule has 10 heterocycles. The Bertz CT molecular complexity index is 6360. The van der Waals surface area contributed by atoms with Crippen molar-refractivity contribution in [2.45, 2.75) is 180 Å². The zero-order valence-electron chi connectivity index (χ0n) is 77.0. The van der Waals surface area contributed by atoms with Crippen LogP contribution in [0.3, 0.4) is 0 Å². The zero-order chi connectivity index (χ0) is 94.8. The van der Waals surface area contributed by atoms with Gasteiger partial charge in [-0.25, -0.2) is 9.97 Å². The average Bonchev–Trinajstić information content (AvgIpc) is 1.26. The molecule has 698 valence electrons. The van der Waals surface area contributed by atoms with Crippen LogP contribution in [-0.4, -0.2) is 209 Å². The predicted molar refractivity (Wildman–Crippen MR) is 496 cm³/mol. The summed E-state index contributed by atoms with van der Waals surface area (Å²) in [7, 11) is 0. The predicted octanol–water partition coefficient (Wildman–Crippen LogP) is 9.68. The molecule has 8 aliphatic rings. The van der Waals surface area contributed by atoms with Crippen molar-refractivity contribution in [3.05, 3.63) is 159 Å². The Morgan fingerprint density at radius 1 is 0.500 bits per heavy atom. The van der Waals surface area contributed by atoms with E-state index < -0.39 is 158 Å². The normalized spacial score (nSPS) is 30.3. The molecule has 32 nitrogen and oxygen atoms in total. The number of β-amino-alcohol motifs (C(OH)–C–C–N with tert-alkyl or cyclic N) is 1. The molecule has 8 aliphatic heterocycles. The first-order valence-corrected chi connectivity index (χ1v) is 44.6. The van der Waals surface area contributed by atoms with Crippen molar-refractivity contribution in [1.82, 2.24) is 19.8 Å². The van der Waals surface area contributed by atoms with Crippen LogP contribution in [0.5, 0.6) is 23.0 Å². The second kappa shape index (κ2) is 38.1. The number of phenols is 2. The van der Waals surface area contributed by atoms with Crippen molar-refractivity contribution in [1.29, 1.82) is 0 Å². The average molecular weight is 1800 g/mol. The number of nitrogens with one attached hydrogen (secondary N) is 2. The minimum atomic E-state index is -1.94. The molecule has 0 unspecified atom stereocenters. The summed E-state index contributed by atoms with van der Waals surface area (Å²) >= 11 is 0. The van der Waals surface area contributed by atoms with Gasteiger partial charge in [-0.2, -0.15) is 0 Å². The van der Waals surface area contributed by atoms with Crippen LogP contribution in [0.1, 0.15) is 129 Å². The summed E-state index contributed by atoms with van der Waals surface area (Å²) in [6.45, 7) is 39.3. The van der Waals surface area contributed by atoms with Crippen molar-refractivity contribution in [3.8, 4) is 23.0 Å². The Morgan fingerprint density at radius 2 is 0.885 bits per heavy atom. The van der Waals surface area contributed by atoms with E-state index >= 15 is 0 Å². The number of carbonyl (C=O) groups is 3. The van der Waals surface area contributed by atoms with Gasteiger partial charge in [0.2, 0.25) is 21.7 Å². The van der Waals surface area contributed by atoms with Gasteiger partial charge in [-0.3, -0.25) is 43.4 Å². The Morgan fingerprint density at radius 3 is 1.28 bits per heavy atom. The first kappa shape index (κ1) is 96.1. The lowest BCUT2D eigenvalue weighted by Gasteiger charge is -2.37. The summed E-state index contributed by atoms with van der Waals surface area (Å²) in [5.74, 6) is -12.3. The number of aromatic hydroxyl groups is 2. The molecule has 0 aliphatic carbocycles. The van der Waals surface area contributed by atoms with E-state index in [0.29, 0.717) is 63.1 Å². The third kappa shape index (κ3) is 18.3. The van der Waals surface area contributed by atoms with Crippen molar-refractivity contribution in [3.63, 3.8) is 0 Å². The first-order valence-electron chi connectivity index (χ1n) is 44.6. The van der Waals surface area contributed by atoms with Gasteiger partial charge in [-0.1, -0.05) is 120 Å². The molecule has 2 amide bonds. The van der Waals surface area contributed by atoms with Gasteiger partial charge in [0.15, 0.2) is 44.9 Å². The van der Waals surface area contributed by atoms with E-state index in [2.05, 4.69) is 39.2 Å². The number of hydrogen-bond donors (Lipinski definition) is 12. The molecule has 32 heteroatoms. The molecule has 6 aromatic carbocycles. The highest BCUT2D eigenvalue weighted by Crippen LogP contribution is 2.46. The highest BCUT2D eigenvalue weighted by Gasteiger charge is 2.47. The Hall–Kier alpha value is -11.5. The van der Waals surface area contributed by atoms with Crippen LogP contribution in [-0.2, 0) is 28.6 Å². The van der Waals surface area contributed by atoms with Gasteiger partial charge >= 0.3 is 17.5 Å². The Kier molecular flexibility index (Phi) is 28.2. The second-order valence-corrected chi connectivity index (χ2v) is 37.0. The number of anilines is 4. The van der Waals surface area contributed by atoms with E-state index in [1.54, 1.807) is 90.1 Å². The molecule has 16 rings (SSSR count). The third-order valence-corrected chi connectivity index (χ3v) is 27.4. The van der Waals surface area contributed by atoms with Crippen LogP contribution < -0.4 is 62.1 Å². The molecule has 0 spiro atoms. The number of nitrogens with zero attached hydrogens (tertiary/aromatic N) is 6. The smallest absolute Gasteiger partial charge is 0.307 e. The number of amides is 2.